The van der Waals surface area contributed by atoms with Crippen LogP contribution in [0.2, 0.25) is 5.02 Å². The smallest absolute Gasteiger partial charge is 0.311 e. The number of carbonyl (C=O) groups is 1. The van der Waals surface area contributed by atoms with E-state index in [4.69, 9.17) is 21.1 Å². The van der Waals surface area contributed by atoms with Crippen LogP contribution in [-0.2, 0) is 11.2 Å². The molecule has 0 saturated heterocycles. The summed E-state index contributed by atoms with van der Waals surface area (Å²) in [7, 11) is 0. The molecular formula is C17H15ClO4. The summed E-state index contributed by atoms with van der Waals surface area (Å²) in [6.07, 6.45) is 0.367. The Balaban J connectivity index is 1.86. The molecule has 114 valence electrons. The minimum Gasteiger partial charge on any atom is -0.486 e. The van der Waals surface area contributed by atoms with Crippen molar-refractivity contribution < 1.29 is 19.4 Å². The monoisotopic (exact) mass is 318 g/mol. The normalized spacial score (nSPS) is 14.4. The van der Waals surface area contributed by atoms with E-state index in [0.717, 1.165) is 5.56 Å². The molecule has 1 aliphatic heterocycles. The average Bonchev–Trinajstić information content (AvgIpc) is 2.52. The molecule has 1 unspecified atom stereocenters. The second kappa shape index (κ2) is 6.28. The molecule has 0 radical (unpaired) electrons. The second-order valence-electron chi connectivity index (χ2n) is 5.13. The van der Waals surface area contributed by atoms with Gasteiger partial charge in [0, 0.05) is 5.02 Å². The Hall–Kier alpha value is -2.20. The molecule has 0 saturated carbocycles. The molecule has 0 spiro atoms. The van der Waals surface area contributed by atoms with Gasteiger partial charge in [-0.1, -0.05) is 29.8 Å². The summed E-state index contributed by atoms with van der Waals surface area (Å²) in [5.41, 5.74) is 1.58. The highest BCUT2D eigenvalue weighted by Crippen LogP contribution is 2.33. The van der Waals surface area contributed by atoms with E-state index in [9.17, 15) is 9.90 Å². The molecule has 0 aliphatic carbocycles. The van der Waals surface area contributed by atoms with Crippen LogP contribution in [0.5, 0.6) is 11.5 Å². The number of ether oxygens (including phenoxy) is 2. The minimum atomic E-state index is -0.878. The van der Waals surface area contributed by atoms with Crippen molar-refractivity contribution in [2.45, 2.75) is 12.3 Å². The van der Waals surface area contributed by atoms with Crippen molar-refractivity contribution in [3.05, 3.63) is 58.6 Å². The largest absolute Gasteiger partial charge is 0.486 e. The first kappa shape index (κ1) is 14.7. The van der Waals surface area contributed by atoms with Gasteiger partial charge in [0.25, 0.3) is 0 Å². The summed E-state index contributed by atoms with van der Waals surface area (Å²) in [6.45, 7) is 1.04. The molecule has 1 atom stereocenters. The molecule has 1 aliphatic rings. The van der Waals surface area contributed by atoms with Gasteiger partial charge in [-0.25, -0.2) is 0 Å². The lowest BCUT2D eigenvalue weighted by atomic mass is 9.92. The minimum absolute atomic E-state index is 0.367. The van der Waals surface area contributed by atoms with Gasteiger partial charge in [0.2, 0.25) is 0 Å². The van der Waals surface area contributed by atoms with Crippen LogP contribution in [0.25, 0.3) is 0 Å². The van der Waals surface area contributed by atoms with Gasteiger partial charge < -0.3 is 14.6 Å². The number of fused-ring (bicyclic) bond motifs is 1. The number of benzene rings is 2. The number of halogens is 1. The van der Waals surface area contributed by atoms with Crippen LogP contribution in [0.3, 0.4) is 0 Å². The highest BCUT2D eigenvalue weighted by atomic mass is 35.5. The van der Waals surface area contributed by atoms with Gasteiger partial charge in [-0.2, -0.15) is 0 Å². The van der Waals surface area contributed by atoms with E-state index in [-0.39, 0.29) is 0 Å². The summed E-state index contributed by atoms with van der Waals surface area (Å²) < 4.78 is 11.0. The Labute approximate surface area is 133 Å². The fourth-order valence-electron chi connectivity index (χ4n) is 2.52. The Morgan fingerprint density at radius 3 is 2.64 bits per heavy atom. The molecule has 0 bridgehead atoms. The van der Waals surface area contributed by atoms with Gasteiger partial charge in [-0.3, -0.25) is 4.79 Å². The first-order valence-corrected chi connectivity index (χ1v) is 7.38. The number of rotatable bonds is 4. The Morgan fingerprint density at radius 1 is 1.14 bits per heavy atom. The van der Waals surface area contributed by atoms with E-state index in [0.29, 0.717) is 41.7 Å². The van der Waals surface area contributed by atoms with Crippen molar-refractivity contribution in [3.8, 4) is 11.5 Å². The number of hydrogen-bond donors (Lipinski definition) is 1. The van der Waals surface area contributed by atoms with Crippen molar-refractivity contribution >= 4 is 17.6 Å². The van der Waals surface area contributed by atoms with Crippen molar-refractivity contribution in [3.63, 3.8) is 0 Å². The van der Waals surface area contributed by atoms with Crippen molar-refractivity contribution in [1.82, 2.24) is 0 Å². The third kappa shape index (κ3) is 3.17. The molecule has 1 N–H and O–H groups in total. The summed E-state index contributed by atoms with van der Waals surface area (Å²) >= 11 is 5.96. The van der Waals surface area contributed by atoms with Crippen molar-refractivity contribution in [2.24, 2.45) is 0 Å². The number of carboxylic acid groups (broad SMARTS) is 1. The quantitative estimate of drug-likeness (QED) is 0.937. The molecule has 4 nitrogen and oxygen atoms in total. The molecule has 0 amide bonds. The third-order valence-electron chi connectivity index (χ3n) is 3.60. The SMILES string of the molecule is O=C(O)C(Cc1ccc2c(c1)OCCO2)c1cccc(Cl)c1. The van der Waals surface area contributed by atoms with Crippen LogP contribution in [0.15, 0.2) is 42.5 Å². The Kier molecular flexibility index (Phi) is 4.20. The van der Waals surface area contributed by atoms with Gasteiger partial charge in [0.1, 0.15) is 13.2 Å². The average molecular weight is 319 g/mol. The zero-order valence-corrected chi connectivity index (χ0v) is 12.5. The predicted molar refractivity (Wildman–Crippen MR) is 83.0 cm³/mol. The second-order valence-corrected chi connectivity index (χ2v) is 5.56. The maximum Gasteiger partial charge on any atom is 0.311 e. The summed E-state index contributed by atoms with van der Waals surface area (Å²) in [5.74, 6) is -0.165. The van der Waals surface area contributed by atoms with Gasteiger partial charge in [0.05, 0.1) is 5.92 Å². The lowest BCUT2D eigenvalue weighted by Crippen LogP contribution is -2.17. The molecule has 0 fully saturated rings. The predicted octanol–water partition coefficient (Wildman–Crippen LogP) is 3.52. The molecular weight excluding hydrogens is 304 g/mol. The first-order valence-electron chi connectivity index (χ1n) is 7.00. The van der Waals surface area contributed by atoms with Crippen LogP contribution in [0.1, 0.15) is 17.0 Å². The molecule has 2 aromatic rings. The lowest BCUT2D eigenvalue weighted by molar-refractivity contribution is -0.138. The highest BCUT2D eigenvalue weighted by molar-refractivity contribution is 6.30. The number of aliphatic carboxylic acids is 1. The maximum absolute atomic E-state index is 11.6. The fraction of sp³-hybridized carbons (Fsp3) is 0.235. The first-order chi connectivity index (χ1) is 10.6. The number of hydrogen-bond acceptors (Lipinski definition) is 3. The van der Waals surface area contributed by atoms with Gasteiger partial charge >= 0.3 is 5.97 Å². The van der Waals surface area contributed by atoms with E-state index >= 15 is 0 Å². The fourth-order valence-corrected chi connectivity index (χ4v) is 2.72. The maximum atomic E-state index is 11.6. The van der Waals surface area contributed by atoms with Crippen LogP contribution < -0.4 is 9.47 Å². The zero-order valence-electron chi connectivity index (χ0n) is 11.8. The van der Waals surface area contributed by atoms with Gasteiger partial charge in [-0.05, 0) is 41.8 Å². The van der Waals surface area contributed by atoms with Crippen LogP contribution in [0, 0.1) is 0 Å². The van der Waals surface area contributed by atoms with E-state index < -0.39 is 11.9 Å². The van der Waals surface area contributed by atoms with Gasteiger partial charge in [-0.15, -0.1) is 0 Å². The zero-order chi connectivity index (χ0) is 15.5. The van der Waals surface area contributed by atoms with Crippen LogP contribution in [0.4, 0.5) is 0 Å². The van der Waals surface area contributed by atoms with Crippen LogP contribution in [-0.4, -0.2) is 24.3 Å². The lowest BCUT2D eigenvalue weighted by Gasteiger charge is -2.20. The molecule has 5 heteroatoms. The van der Waals surface area contributed by atoms with Crippen molar-refractivity contribution in [2.75, 3.05) is 13.2 Å². The molecule has 22 heavy (non-hydrogen) atoms. The summed E-state index contributed by atoms with van der Waals surface area (Å²) in [4.78, 5) is 11.6. The van der Waals surface area contributed by atoms with E-state index in [2.05, 4.69) is 0 Å². The molecule has 3 rings (SSSR count). The molecule has 0 aromatic heterocycles. The Morgan fingerprint density at radius 2 is 1.91 bits per heavy atom. The van der Waals surface area contributed by atoms with E-state index in [1.54, 1.807) is 24.3 Å². The summed E-state index contributed by atoms with van der Waals surface area (Å²) in [6, 6.07) is 12.5. The number of carboxylic acids is 1. The topological polar surface area (TPSA) is 55.8 Å². The van der Waals surface area contributed by atoms with E-state index in [1.165, 1.54) is 0 Å². The highest BCUT2D eigenvalue weighted by Gasteiger charge is 2.22. The van der Waals surface area contributed by atoms with E-state index in [1.807, 2.05) is 18.2 Å². The van der Waals surface area contributed by atoms with Crippen molar-refractivity contribution in [1.29, 1.82) is 0 Å². The van der Waals surface area contributed by atoms with Crippen LogP contribution >= 0.6 is 11.6 Å². The molecule has 2 aromatic carbocycles. The molecule has 1 heterocycles. The van der Waals surface area contributed by atoms with Gasteiger partial charge in [0.15, 0.2) is 11.5 Å². The summed E-state index contributed by atoms with van der Waals surface area (Å²) in [5, 5.41) is 10.1. The third-order valence-corrected chi connectivity index (χ3v) is 3.83. The Bertz CT molecular complexity index is 699. The standard InChI is InChI=1S/C17H15ClO4/c18-13-3-1-2-12(10-13)14(17(19)20)8-11-4-5-15-16(9-11)22-7-6-21-15/h1-5,9-10,14H,6-8H2,(H,19,20).